The van der Waals surface area contributed by atoms with E-state index in [1.807, 2.05) is 37.3 Å². The van der Waals surface area contributed by atoms with Crippen LogP contribution in [0.5, 0.6) is 0 Å². The molecule has 0 aliphatic rings. The summed E-state index contributed by atoms with van der Waals surface area (Å²) in [6.45, 7) is 3.60. The van der Waals surface area contributed by atoms with Crippen molar-refractivity contribution in [3.05, 3.63) is 65.7 Å². The molecule has 0 unspecified atom stereocenters. The Morgan fingerprint density at radius 3 is 2.26 bits per heavy atom. The summed E-state index contributed by atoms with van der Waals surface area (Å²) in [5, 5.41) is 2.61. The van der Waals surface area contributed by atoms with E-state index in [1.165, 1.54) is 0 Å². The maximum absolute atomic E-state index is 11.9. The molecule has 0 aliphatic heterocycles. The highest BCUT2D eigenvalue weighted by Crippen LogP contribution is 2.18. The minimum Gasteiger partial charge on any atom is -0.462 e. The summed E-state index contributed by atoms with van der Waals surface area (Å²) in [4.78, 5) is 35.4. The van der Waals surface area contributed by atoms with Crippen molar-refractivity contribution < 1.29 is 23.9 Å². The van der Waals surface area contributed by atoms with Crippen molar-refractivity contribution in [3.8, 4) is 0 Å². The van der Waals surface area contributed by atoms with Crippen molar-refractivity contribution in [2.24, 2.45) is 0 Å². The van der Waals surface area contributed by atoms with Gasteiger partial charge in [-0.2, -0.15) is 0 Å². The fraction of sp³-hybridized carbons (Fsp3) is 0.286. The zero-order valence-corrected chi connectivity index (χ0v) is 15.4. The molecule has 0 fully saturated rings. The van der Waals surface area contributed by atoms with Crippen LogP contribution in [0.25, 0.3) is 0 Å². The Bertz CT molecular complexity index is 771. The first kappa shape index (κ1) is 20.2. The van der Waals surface area contributed by atoms with E-state index in [-0.39, 0.29) is 18.9 Å². The third-order valence-corrected chi connectivity index (χ3v) is 3.89. The number of anilines is 1. The number of esters is 2. The molecule has 27 heavy (non-hydrogen) atoms. The van der Waals surface area contributed by atoms with Crippen molar-refractivity contribution in [1.29, 1.82) is 0 Å². The molecular weight excluding hydrogens is 346 g/mol. The van der Waals surface area contributed by atoms with Crippen LogP contribution in [-0.4, -0.2) is 31.1 Å². The monoisotopic (exact) mass is 369 g/mol. The van der Waals surface area contributed by atoms with Gasteiger partial charge in [-0.1, -0.05) is 37.3 Å². The van der Waals surface area contributed by atoms with Gasteiger partial charge in [-0.15, -0.1) is 0 Å². The fourth-order valence-corrected chi connectivity index (χ4v) is 2.46. The number of benzene rings is 2. The lowest BCUT2D eigenvalue weighted by molar-refractivity contribution is -0.147. The standard InChI is InChI=1S/C21H23NO5/c1-3-26-21(25)17-9-11-18(12-10-17)22-19(23)14-27-20(24)13-15(2)16-7-5-4-6-8-16/h4-12,15H,3,13-14H2,1-2H3,(H,22,23)/t15-/m0/s1. The molecule has 6 nitrogen and oxygen atoms in total. The summed E-state index contributed by atoms with van der Waals surface area (Å²) in [6.07, 6.45) is 0.200. The first-order valence-electron chi connectivity index (χ1n) is 8.77. The largest absolute Gasteiger partial charge is 0.462 e. The average molecular weight is 369 g/mol. The summed E-state index contributed by atoms with van der Waals surface area (Å²) < 4.78 is 9.93. The van der Waals surface area contributed by atoms with Crippen molar-refractivity contribution in [2.75, 3.05) is 18.5 Å². The molecule has 0 spiro atoms. The summed E-state index contributed by atoms with van der Waals surface area (Å²) in [5.74, 6) is -1.28. The second-order valence-corrected chi connectivity index (χ2v) is 6.02. The Balaban J connectivity index is 1.77. The molecule has 0 bridgehead atoms. The third kappa shape index (κ3) is 6.58. The van der Waals surface area contributed by atoms with Crippen LogP contribution in [0.15, 0.2) is 54.6 Å². The number of hydrogen-bond acceptors (Lipinski definition) is 5. The lowest BCUT2D eigenvalue weighted by Gasteiger charge is -2.11. The molecule has 1 N–H and O–H groups in total. The molecule has 0 radical (unpaired) electrons. The highest BCUT2D eigenvalue weighted by molar-refractivity contribution is 5.94. The van der Waals surface area contributed by atoms with Gasteiger partial charge in [-0.25, -0.2) is 4.79 Å². The van der Waals surface area contributed by atoms with Gasteiger partial charge in [0.2, 0.25) is 0 Å². The first-order chi connectivity index (χ1) is 13.0. The molecule has 0 aromatic heterocycles. The van der Waals surface area contributed by atoms with E-state index in [4.69, 9.17) is 9.47 Å². The summed E-state index contributed by atoms with van der Waals surface area (Å²) in [6, 6.07) is 15.9. The highest BCUT2D eigenvalue weighted by Gasteiger charge is 2.14. The second kappa shape index (κ2) is 10.1. The molecule has 1 atom stereocenters. The third-order valence-electron chi connectivity index (χ3n) is 3.89. The minimum atomic E-state index is -0.445. The quantitative estimate of drug-likeness (QED) is 0.720. The Labute approximate surface area is 158 Å². The van der Waals surface area contributed by atoms with Crippen molar-refractivity contribution in [1.82, 2.24) is 0 Å². The van der Waals surface area contributed by atoms with Gasteiger partial charge in [0.15, 0.2) is 6.61 Å². The maximum Gasteiger partial charge on any atom is 0.338 e. The van der Waals surface area contributed by atoms with Crippen LogP contribution in [0.1, 0.15) is 42.1 Å². The topological polar surface area (TPSA) is 81.7 Å². The normalized spacial score (nSPS) is 11.3. The van der Waals surface area contributed by atoms with Gasteiger partial charge in [0.05, 0.1) is 18.6 Å². The van der Waals surface area contributed by atoms with Crippen LogP contribution in [0.4, 0.5) is 5.69 Å². The molecule has 0 heterocycles. The van der Waals surface area contributed by atoms with E-state index in [1.54, 1.807) is 31.2 Å². The number of amides is 1. The van der Waals surface area contributed by atoms with Gasteiger partial charge in [0.25, 0.3) is 5.91 Å². The van der Waals surface area contributed by atoms with E-state index >= 15 is 0 Å². The fourth-order valence-electron chi connectivity index (χ4n) is 2.46. The smallest absolute Gasteiger partial charge is 0.338 e. The SMILES string of the molecule is CCOC(=O)c1ccc(NC(=O)COC(=O)C[C@H](C)c2ccccc2)cc1. The number of hydrogen-bond donors (Lipinski definition) is 1. The maximum atomic E-state index is 11.9. The predicted molar refractivity (Wildman–Crippen MR) is 101 cm³/mol. The van der Waals surface area contributed by atoms with E-state index < -0.39 is 17.8 Å². The molecular formula is C21H23NO5. The molecule has 0 saturated heterocycles. The van der Waals surface area contributed by atoms with E-state index in [0.29, 0.717) is 17.9 Å². The molecule has 142 valence electrons. The van der Waals surface area contributed by atoms with Crippen LogP contribution >= 0.6 is 0 Å². The molecule has 0 aliphatic carbocycles. The molecule has 1 amide bonds. The van der Waals surface area contributed by atoms with Crippen molar-refractivity contribution in [3.63, 3.8) is 0 Å². The number of nitrogens with one attached hydrogen (secondary N) is 1. The lowest BCUT2D eigenvalue weighted by Crippen LogP contribution is -2.21. The molecule has 6 heteroatoms. The zero-order valence-electron chi connectivity index (χ0n) is 15.4. The van der Waals surface area contributed by atoms with Gasteiger partial charge in [-0.05, 0) is 42.7 Å². The second-order valence-electron chi connectivity index (χ2n) is 6.02. The summed E-state index contributed by atoms with van der Waals surface area (Å²) in [5.41, 5.74) is 1.94. The summed E-state index contributed by atoms with van der Waals surface area (Å²) in [7, 11) is 0. The number of rotatable bonds is 8. The van der Waals surface area contributed by atoms with Gasteiger partial charge >= 0.3 is 11.9 Å². The Hall–Kier alpha value is -3.15. The average Bonchev–Trinajstić information content (AvgIpc) is 2.68. The molecule has 0 saturated carbocycles. The van der Waals surface area contributed by atoms with Crippen molar-refractivity contribution in [2.45, 2.75) is 26.2 Å². The van der Waals surface area contributed by atoms with Crippen LogP contribution in [0.2, 0.25) is 0 Å². The lowest BCUT2D eigenvalue weighted by atomic mass is 9.98. The van der Waals surface area contributed by atoms with Gasteiger partial charge in [-0.3, -0.25) is 9.59 Å². The van der Waals surface area contributed by atoms with Gasteiger partial charge in [0.1, 0.15) is 0 Å². The molecule has 2 aromatic rings. The first-order valence-corrected chi connectivity index (χ1v) is 8.77. The minimum absolute atomic E-state index is 0.0113. The van der Waals surface area contributed by atoms with Crippen molar-refractivity contribution >= 4 is 23.5 Å². The van der Waals surface area contributed by atoms with Crippen LogP contribution in [0.3, 0.4) is 0 Å². The van der Waals surface area contributed by atoms with Crippen LogP contribution < -0.4 is 5.32 Å². The Kier molecular flexibility index (Phi) is 7.55. The summed E-state index contributed by atoms with van der Waals surface area (Å²) >= 11 is 0. The Morgan fingerprint density at radius 1 is 0.963 bits per heavy atom. The van der Waals surface area contributed by atoms with Gasteiger partial charge in [0, 0.05) is 5.69 Å². The van der Waals surface area contributed by atoms with Crippen LogP contribution in [-0.2, 0) is 19.1 Å². The zero-order chi connectivity index (χ0) is 19.6. The van der Waals surface area contributed by atoms with Crippen LogP contribution in [0, 0.1) is 0 Å². The van der Waals surface area contributed by atoms with Gasteiger partial charge < -0.3 is 14.8 Å². The van der Waals surface area contributed by atoms with E-state index in [2.05, 4.69) is 5.32 Å². The number of ether oxygens (including phenoxy) is 2. The predicted octanol–water partition coefficient (Wildman–Crippen LogP) is 3.54. The number of carbonyl (C=O) groups excluding carboxylic acids is 3. The molecule has 2 rings (SSSR count). The highest BCUT2D eigenvalue weighted by atomic mass is 16.5. The van der Waals surface area contributed by atoms with E-state index in [0.717, 1.165) is 5.56 Å². The van der Waals surface area contributed by atoms with E-state index in [9.17, 15) is 14.4 Å². The Morgan fingerprint density at radius 2 is 1.63 bits per heavy atom. The number of carbonyl (C=O) groups is 3. The molecule has 2 aromatic carbocycles.